The van der Waals surface area contributed by atoms with Crippen LogP contribution in [0.2, 0.25) is 0 Å². The lowest BCUT2D eigenvalue weighted by Gasteiger charge is -2.47. The van der Waals surface area contributed by atoms with E-state index in [4.69, 9.17) is 0 Å². The van der Waals surface area contributed by atoms with E-state index >= 15 is 0 Å². The predicted molar refractivity (Wildman–Crippen MR) is 150 cm³/mol. The first-order chi connectivity index (χ1) is 17.6. The van der Waals surface area contributed by atoms with Gasteiger partial charge in [-0.2, -0.15) is 0 Å². The molecule has 0 amide bonds. The maximum Gasteiger partial charge on any atom is 0.362 e. The number of nitrogens with zero attached hydrogens (tertiary/aromatic N) is 1. The summed E-state index contributed by atoms with van der Waals surface area (Å²) in [6.45, 7) is 6.74. The molecule has 0 aliphatic rings. The van der Waals surface area contributed by atoms with Crippen LogP contribution in [0.4, 0.5) is 0 Å². The van der Waals surface area contributed by atoms with Crippen LogP contribution in [0.3, 0.4) is 0 Å². The summed E-state index contributed by atoms with van der Waals surface area (Å²) in [5.41, 5.74) is 0. The summed E-state index contributed by atoms with van der Waals surface area (Å²) in [5.74, 6) is -3.52. The molecule has 0 bridgehead atoms. The molecule has 0 radical (unpaired) electrons. The fraction of sp³-hybridized carbons (Fsp3) is 0.833. The molecule has 0 aromatic heterocycles. The lowest BCUT2D eigenvalue weighted by molar-refractivity contribution is -0.968. The molecular formula is C30H56NO6+. The highest BCUT2D eigenvalue weighted by Gasteiger charge is 2.52. The smallest absolute Gasteiger partial charge is 0.362 e. The van der Waals surface area contributed by atoms with Gasteiger partial charge in [0, 0.05) is 0 Å². The second kappa shape index (κ2) is 21.1. The predicted octanol–water partition coefficient (Wildman–Crippen LogP) is 7.43. The average Bonchev–Trinajstić information content (AvgIpc) is 2.86. The van der Waals surface area contributed by atoms with Gasteiger partial charge in [0.05, 0.1) is 6.54 Å². The van der Waals surface area contributed by atoms with E-state index in [1.165, 1.54) is 97.8 Å². The van der Waals surface area contributed by atoms with E-state index < -0.39 is 40.5 Å². The molecule has 0 heterocycles. The number of carboxylic acid groups (broad SMARTS) is 3. The van der Waals surface area contributed by atoms with Gasteiger partial charge in [0.2, 0.25) is 0 Å². The number of carboxylic acids is 3. The molecule has 0 aromatic carbocycles. The van der Waals surface area contributed by atoms with Crippen molar-refractivity contribution >= 4 is 17.9 Å². The summed E-state index contributed by atoms with van der Waals surface area (Å²) in [6.07, 6.45) is 24.8. The molecule has 0 fully saturated rings. The highest BCUT2D eigenvalue weighted by molar-refractivity contribution is 5.77. The summed E-state index contributed by atoms with van der Waals surface area (Å²) < 4.78 is -0.479. The Kier molecular flexibility index (Phi) is 20.0. The van der Waals surface area contributed by atoms with Crippen molar-refractivity contribution < 1.29 is 34.2 Å². The Labute approximate surface area is 225 Å². The summed E-state index contributed by atoms with van der Waals surface area (Å²) in [5, 5.41) is 28.9. The molecule has 0 saturated carbocycles. The molecule has 3 N–H and O–H groups in total. The average molecular weight is 527 g/mol. The number of allylic oxidation sites excluding steroid dienone is 2. The topological polar surface area (TPSA) is 112 Å². The second-order valence-corrected chi connectivity index (χ2v) is 10.8. The Morgan fingerprint density at radius 2 is 0.838 bits per heavy atom. The molecule has 0 aliphatic heterocycles. The second-order valence-electron chi connectivity index (χ2n) is 10.8. The van der Waals surface area contributed by atoms with Crippen molar-refractivity contribution in [3.05, 3.63) is 12.2 Å². The number of carbonyl (C=O) groups is 3. The Morgan fingerprint density at radius 3 is 1.16 bits per heavy atom. The monoisotopic (exact) mass is 526 g/mol. The van der Waals surface area contributed by atoms with E-state index in [1.54, 1.807) is 0 Å². The molecule has 216 valence electrons. The molecule has 0 aliphatic carbocycles. The van der Waals surface area contributed by atoms with E-state index in [9.17, 15) is 29.7 Å². The van der Waals surface area contributed by atoms with Crippen LogP contribution in [0.15, 0.2) is 12.2 Å². The van der Waals surface area contributed by atoms with Gasteiger partial charge in [0.25, 0.3) is 0 Å². The standard InChI is InChI=1S/C30H55NO6/c1-5-6-7-8-9-10-11-12-13-14-15-16-17-18-19-20-21-22-23-24-31(25(2)28(32)33,26(3)29(34)35)27(4)30(36)37/h12-13,25-27H,5-11,14-24H2,1-4H3,(H2-,32,33,34,35,36,37)/p+1/b13-12+. The molecule has 3 atom stereocenters. The number of quaternary nitrogens is 1. The van der Waals surface area contributed by atoms with E-state index in [0.29, 0.717) is 6.42 Å². The van der Waals surface area contributed by atoms with Gasteiger partial charge in [-0.1, -0.05) is 89.7 Å². The highest BCUT2D eigenvalue weighted by atomic mass is 16.4. The fourth-order valence-corrected chi connectivity index (χ4v) is 5.37. The highest BCUT2D eigenvalue weighted by Crippen LogP contribution is 2.27. The Morgan fingerprint density at radius 1 is 0.541 bits per heavy atom. The molecule has 0 spiro atoms. The van der Waals surface area contributed by atoms with Gasteiger partial charge < -0.3 is 15.3 Å². The Bertz CT molecular complexity index is 612. The van der Waals surface area contributed by atoms with E-state index in [1.807, 2.05) is 0 Å². The van der Waals surface area contributed by atoms with E-state index in [-0.39, 0.29) is 6.54 Å². The fourth-order valence-electron chi connectivity index (χ4n) is 5.37. The number of hydrogen-bond acceptors (Lipinski definition) is 3. The van der Waals surface area contributed by atoms with Crippen LogP contribution in [0.1, 0.15) is 137 Å². The quantitative estimate of drug-likeness (QED) is 0.0648. The maximum atomic E-state index is 11.8. The van der Waals surface area contributed by atoms with Crippen LogP contribution in [0, 0.1) is 0 Å². The third-order valence-corrected chi connectivity index (χ3v) is 8.04. The maximum absolute atomic E-state index is 11.8. The first kappa shape index (κ1) is 35.1. The van der Waals surface area contributed by atoms with Crippen molar-refractivity contribution in [2.24, 2.45) is 0 Å². The summed E-state index contributed by atoms with van der Waals surface area (Å²) in [7, 11) is 0. The summed E-state index contributed by atoms with van der Waals surface area (Å²) in [4.78, 5) is 35.4. The van der Waals surface area contributed by atoms with Crippen LogP contribution in [0.25, 0.3) is 0 Å². The minimum Gasteiger partial charge on any atom is -0.477 e. The zero-order valence-corrected chi connectivity index (χ0v) is 24.1. The molecule has 7 nitrogen and oxygen atoms in total. The first-order valence-electron chi connectivity index (χ1n) is 14.8. The lowest BCUT2D eigenvalue weighted by Crippen LogP contribution is -2.70. The molecule has 0 saturated heterocycles. The van der Waals surface area contributed by atoms with Gasteiger partial charge in [-0.05, 0) is 59.3 Å². The first-order valence-corrected chi connectivity index (χ1v) is 14.8. The lowest BCUT2D eigenvalue weighted by atomic mass is 10.00. The normalized spacial score (nSPS) is 15.8. The van der Waals surface area contributed by atoms with Crippen molar-refractivity contribution in [3.63, 3.8) is 0 Å². The van der Waals surface area contributed by atoms with Gasteiger partial charge in [0.15, 0.2) is 18.1 Å². The minimum atomic E-state index is -1.17. The Balaban J connectivity index is 4.16. The Hall–Kier alpha value is -1.89. The van der Waals surface area contributed by atoms with Gasteiger partial charge in [0.1, 0.15) is 0 Å². The van der Waals surface area contributed by atoms with Crippen LogP contribution in [0.5, 0.6) is 0 Å². The van der Waals surface area contributed by atoms with Crippen molar-refractivity contribution in [2.45, 2.75) is 155 Å². The SMILES string of the molecule is CCCCCCCC/C=C/CCCCCCCCCCC[N+](C(C)C(=O)O)(C(C)C(=O)O)C(C)C(=O)O. The zero-order chi connectivity index (χ0) is 28.1. The summed E-state index contributed by atoms with van der Waals surface area (Å²) in [6, 6.07) is -3.37. The van der Waals surface area contributed by atoms with Gasteiger partial charge in [-0.3, -0.25) is 4.48 Å². The van der Waals surface area contributed by atoms with Crippen LogP contribution in [-0.4, -0.2) is 62.4 Å². The number of rotatable bonds is 25. The van der Waals surface area contributed by atoms with Crippen molar-refractivity contribution in [1.82, 2.24) is 0 Å². The molecule has 0 rings (SSSR count). The molecule has 0 aromatic rings. The molecule has 37 heavy (non-hydrogen) atoms. The molecule has 3 unspecified atom stereocenters. The van der Waals surface area contributed by atoms with Gasteiger partial charge >= 0.3 is 17.9 Å². The number of aliphatic carboxylic acids is 3. The molecular weight excluding hydrogens is 470 g/mol. The number of unbranched alkanes of at least 4 members (excludes halogenated alkanes) is 15. The molecule has 7 heteroatoms. The summed E-state index contributed by atoms with van der Waals surface area (Å²) >= 11 is 0. The number of hydrogen-bond donors (Lipinski definition) is 3. The third kappa shape index (κ3) is 14.0. The van der Waals surface area contributed by atoms with Gasteiger partial charge in [-0.25, -0.2) is 14.4 Å². The van der Waals surface area contributed by atoms with Crippen molar-refractivity contribution in [2.75, 3.05) is 6.54 Å². The van der Waals surface area contributed by atoms with E-state index in [0.717, 1.165) is 25.7 Å². The third-order valence-electron chi connectivity index (χ3n) is 8.04. The van der Waals surface area contributed by atoms with E-state index in [2.05, 4.69) is 19.1 Å². The van der Waals surface area contributed by atoms with Crippen LogP contribution in [-0.2, 0) is 14.4 Å². The van der Waals surface area contributed by atoms with Gasteiger partial charge in [-0.15, -0.1) is 0 Å². The van der Waals surface area contributed by atoms with Crippen LogP contribution >= 0.6 is 0 Å². The largest absolute Gasteiger partial charge is 0.477 e. The van der Waals surface area contributed by atoms with Crippen LogP contribution < -0.4 is 0 Å². The zero-order valence-electron chi connectivity index (χ0n) is 24.1. The minimum absolute atomic E-state index is 0.223. The van der Waals surface area contributed by atoms with Crippen molar-refractivity contribution in [3.8, 4) is 0 Å². The van der Waals surface area contributed by atoms with Crippen molar-refractivity contribution in [1.29, 1.82) is 0 Å².